The van der Waals surface area contributed by atoms with Gasteiger partial charge in [-0.3, -0.25) is 0 Å². The van der Waals surface area contributed by atoms with Crippen LogP contribution in [0.4, 0.5) is 4.79 Å². The third-order valence-corrected chi connectivity index (χ3v) is 5.59. The summed E-state index contributed by atoms with van der Waals surface area (Å²) >= 11 is 0. The number of benzene rings is 1. The van der Waals surface area contributed by atoms with Crippen molar-refractivity contribution in [3.05, 3.63) is 65.5 Å². The second-order valence-corrected chi connectivity index (χ2v) is 9.10. The summed E-state index contributed by atoms with van der Waals surface area (Å²) < 4.78 is 17.3. The third kappa shape index (κ3) is 5.48. The lowest BCUT2D eigenvalue weighted by Gasteiger charge is -2.27. The van der Waals surface area contributed by atoms with Gasteiger partial charge in [0.2, 0.25) is 0 Å². The van der Waals surface area contributed by atoms with Crippen LogP contribution in [0.2, 0.25) is 0 Å². The van der Waals surface area contributed by atoms with E-state index in [2.05, 4.69) is 6.58 Å². The third-order valence-electron chi connectivity index (χ3n) is 5.59. The van der Waals surface area contributed by atoms with E-state index in [-0.39, 0.29) is 17.7 Å². The van der Waals surface area contributed by atoms with Crippen LogP contribution in [0.1, 0.15) is 38.4 Å². The molecule has 0 amide bonds. The van der Waals surface area contributed by atoms with Crippen LogP contribution in [0.5, 0.6) is 0 Å². The molecule has 0 bridgehead atoms. The van der Waals surface area contributed by atoms with Crippen molar-refractivity contribution >= 4 is 35.0 Å². The average Bonchev–Trinajstić information content (AvgIpc) is 3.13. The zero-order valence-electron chi connectivity index (χ0n) is 20.9. The molecule has 8 heteroatoms. The van der Waals surface area contributed by atoms with Gasteiger partial charge < -0.3 is 19.1 Å². The second kappa shape index (κ2) is 10.6. The molecule has 35 heavy (non-hydrogen) atoms. The zero-order chi connectivity index (χ0) is 25.8. The number of carbonyl (C=O) groups excluding carboxylic acids is 3. The van der Waals surface area contributed by atoms with E-state index in [1.165, 1.54) is 14.2 Å². The fourth-order valence-electron chi connectivity index (χ4n) is 4.19. The molecule has 0 radical (unpaired) electrons. The Balaban J connectivity index is 2.24. The summed E-state index contributed by atoms with van der Waals surface area (Å²) in [6, 6.07) is 7.62. The van der Waals surface area contributed by atoms with Crippen molar-refractivity contribution in [1.29, 1.82) is 0 Å². The van der Waals surface area contributed by atoms with Crippen LogP contribution in [-0.2, 0) is 30.2 Å². The fourth-order valence-corrected chi connectivity index (χ4v) is 4.19. The summed E-state index contributed by atoms with van der Waals surface area (Å²) in [7, 11) is 2.54. The summed E-state index contributed by atoms with van der Waals surface area (Å²) in [5, 5.41) is 0.911. The molecule has 0 saturated carbocycles. The molecule has 0 saturated heterocycles. The molecule has 0 spiro atoms. The van der Waals surface area contributed by atoms with Crippen molar-refractivity contribution in [2.24, 2.45) is 0 Å². The molecule has 1 aromatic carbocycles. The molecule has 1 aromatic heterocycles. The number of aromatic nitrogens is 1. The van der Waals surface area contributed by atoms with Crippen LogP contribution in [0, 0.1) is 0 Å². The predicted molar refractivity (Wildman–Crippen MR) is 134 cm³/mol. The summed E-state index contributed by atoms with van der Waals surface area (Å²) in [6.45, 7) is 9.95. The van der Waals surface area contributed by atoms with E-state index in [1.54, 1.807) is 27.7 Å². The number of hydrogen-bond acceptors (Lipinski definition) is 7. The van der Waals surface area contributed by atoms with Gasteiger partial charge in [0.15, 0.2) is 0 Å². The fraction of sp³-hybridized carbons (Fsp3) is 0.370. The lowest BCUT2D eigenvalue weighted by molar-refractivity contribution is -0.140. The van der Waals surface area contributed by atoms with Crippen molar-refractivity contribution in [2.75, 3.05) is 27.3 Å². The Morgan fingerprint density at radius 3 is 2.40 bits per heavy atom. The molecule has 1 aliphatic rings. The Kier molecular flexibility index (Phi) is 7.84. The van der Waals surface area contributed by atoms with Crippen LogP contribution in [0.3, 0.4) is 0 Å². The lowest BCUT2D eigenvalue weighted by Crippen LogP contribution is -2.33. The number of hydrogen-bond donors (Lipinski definition) is 0. The van der Waals surface area contributed by atoms with Gasteiger partial charge in [0.05, 0.1) is 31.0 Å². The highest BCUT2D eigenvalue weighted by atomic mass is 16.6. The molecule has 0 unspecified atom stereocenters. The smallest absolute Gasteiger partial charge is 0.419 e. The minimum Gasteiger partial charge on any atom is -0.466 e. The number of nitrogens with zero attached hydrogens (tertiary/aromatic N) is 2. The second-order valence-electron chi connectivity index (χ2n) is 9.10. The van der Waals surface area contributed by atoms with Crippen molar-refractivity contribution in [2.45, 2.75) is 39.2 Å². The molecule has 0 fully saturated rings. The summed E-state index contributed by atoms with van der Waals surface area (Å²) in [5.74, 6) is -1.25. The van der Waals surface area contributed by atoms with Gasteiger partial charge in [0, 0.05) is 24.9 Å². The van der Waals surface area contributed by atoms with Crippen LogP contribution in [0.25, 0.3) is 17.0 Å². The van der Waals surface area contributed by atoms with Crippen molar-refractivity contribution in [3.8, 4) is 0 Å². The highest BCUT2D eigenvalue weighted by Crippen LogP contribution is 2.31. The molecule has 8 nitrogen and oxygen atoms in total. The first kappa shape index (κ1) is 25.8. The Morgan fingerprint density at radius 1 is 1.09 bits per heavy atom. The topological polar surface area (TPSA) is 87.1 Å². The molecular formula is C27H32N2O6. The maximum Gasteiger partial charge on any atom is 0.419 e. The Bertz CT molecular complexity index is 1210. The molecule has 2 heterocycles. The van der Waals surface area contributed by atoms with Gasteiger partial charge in [-0.25, -0.2) is 19.0 Å². The summed E-state index contributed by atoms with van der Waals surface area (Å²) in [6.07, 6.45) is 5.28. The maximum atomic E-state index is 13.3. The Labute approximate surface area is 205 Å². The number of methoxy groups -OCH3 is 2. The van der Waals surface area contributed by atoms with Crippen molar-refractivity contribution in [1.82, 2.24) is 9.47 Å². The number of allylic oxidation sites excluding steroid dienone is 1. The molecule has 1 aliphatic heterocycles. The maximum absolute atomic E-state index is 13.3. The van der Waals surface area contributed by atoms with E-state index in [4.69, 9.17) is 14.2 Å². The van der Waals surface area contributed by atoms with Gasteiger partial charge in [-0.05, 0) is 44.9 Å². The molecule has 0 aliphatic carbocycles. The standard InChI is InChI=1S/C27H32N2O6/c1-7-16-28-17-15-19-18-11-8-9-13-21(18)29(26(32)35-27(2,3)4)22(19)14-10-12-20(24(30)33-5)23(28)25(31)34-6/h7-11,13-14H,1,12,15-17H2,2-6H3/b14-10+,23-20+. The highest BCUT2D eigenvalue weighted by Gasteiger charge is 2.29. The molecule has 0 atom stereocenters. The summed E-state index contributed by atoms with van der Waals surface area (Å²) in [4.78, 5) is 40.5. The minimum absolute atomic E-state index is 0.0973. The van der Waals surface area contributed by atoms with Gasteiger partial charge in [-0.1, -0.05) is 30.4 Å². The van der Waals surface area contributed by atoms with Gasteiger partial charge in [-0.15, -0.1) is 6.58 Å². The first-order chi connectivity index (χ1) is 16.6. The van der Waals surface area contributed by atoms with Crippen LogP contribution >= 0.6 is 0 Å². The Hall–Kier alpha value is -3.81. The lowest BCUT2D eigenvalue weighted by atomic mass is 10.0. The van der Waals surface area contributed by atoms with Gasteiger partial charge in [0.1, 0.15) is 11.3 Å². The molecule has 3 rings (SSSR count). The number of carbonyl (C=O) groups is 3. The minimum atomic E-state index is -0.675. The van der Waals surface area contributed by atoms with Gasteiger partial charge >= 0.3 is 18.0 Å². The van der Waals surface area contributed by atoms with Crippen LogP contribution < -0.4 is 0 Å². The normalized spacial score (nSPS) is 17.3. The van der Waals surface area contributed by atoms with Gasteiger partial charge in [-0.2, -0.15) is 0 Å². The van der Waals surface area contributed by atoms with Crippen LogP contribution in [-0.4, -0.2) is 60.4 Å². The quantitative estimate of drug-likeness (QED) is 0.362. The predicted octanol–water partition coefficient (Wildman–Crippen LogP) is 4.47. The zero-order valence-corrected chi connectivity index (χ0v) is 20.9. The SMILES string of the molecule is C=CCN1CCc2c(n(C(=O)OC(C)(C)C)c3ccccc23)/C=C/C/C(C(=O)OC)=C\1C(=O)OC. The number of esters is 2. The van der Waals surface area contributed by atoms with Gasteiger partial charge in [0.25, 0.3) is 0 Å². The molecular weight excluding hydrogens is 448 g/mol. The number of para-hydroxylation sites is 1. The highest BCUT2D eigenvalue weighted by molar-refractivity contribution is 6.00. The first-order valence-corrected chi connectivity index (χ1v) is 11.4. The first-order valence-electron chi connectivity index (χ1n) is 11.4. The number of rotatable bonds is 4. The van der Waals surface area contributed by atoms with Crippen molar-refractivity contribution < 1.29 is 28.6 Å². The molecule has 0 N–H and O–H groups in total. The van der Waals surface area contributed by atoms with E-state index < -0.39 is 23.6 Å². The molecule has 2 aromatic rings. The average molecular weight is 481 g/mol. The van der Waals surface area contributed by atoms with Crippen LogP contribution in [0.15, 0.2) is 54.3 Å². The summed E-state index contributed by atoms with van der Waals surface area (Å²) in [5.41, 5.74) is 1.96. The monoisotopic (exact) mass is 480 g/mol. The van der Waals surface area contributed by atoms with E-state index >= 15 is 0 Å². The largest absolute Gasteiger partial charge is 0.466 e. The Morgan fingerprint density at radius 2 is 1.77 bits per heavy atom. The number of fused-ring (bicyclic) bond motifs is 3. The number of ether oxygens (including phenoxy) is 3. The van der Waals surface area contributed by atoms with E-state index in [1.807, 2.05) is 45.0 Å². The van der Waals surface area contributed by atoms with E-state index in [9.17, 15) is 14.4 Å². The van der Waals surface area contributed by atoms with Crippen molar-refractivity contribution in [3.63, 3.8) is 0 Å². The van der Waals surface area contributed by atoms with E-state index in [0.717, 1.165) is 16.5 Å². The molecule has 186 valence electrons. The van der Waals surface area contributed by atoms with E-state index in [0.29, 0.717) is 25.2 Å².